The minimum Gasteiger partial charge on any atom is -0.361 e. The number of allylic oxidation sites excluding steroid dienone is 3. The molecule has 0 heterocycles. The van der Waals surface area contributed by atoms with E-state index >= 15 is 0 Å². The van der Waals surface area contributed by atoms with Crippen LogP contribution in [0, 0.1) is 29.6 Å². The van der Waals surface area contributed by atoms with E-state index in [1.54, 1.807) is 24.4 Å². The number of benzene rings is 1. The Labute approximate surface area is 94.9 Å². The Kier molecular flexibility index (Phi) is 4.37. The number of aryl methyl sites for hydroxylation is 1. The molecule has 0 amide bonds. The molecule has 78 valence electrons. The topological polar surface area (TPSA) is 59.6 Å². The van der Waals surface area contributed by atoms with Crippen molar-refractivity contribution < 1.29 is 0 Å². The number of hydrogen-bond acceptors (Lipinski definition) is 3. The van der Waals surface area contributed by atoms with Crippen LogP contribution in [0.4, 0.5) is 5.69 Å². The van der Waals surface area contributed by atoms with E-state index in [0.717, 1.165) is 11.3 Å². The fraction of sp³-hybridized carbons (Fsp3) is 0.0769. The van der Waals surface area contributed by atoms with Crippen molar-refractivity contribution in [3.63, 3.8) is 0 Å². The third kappa shape index (κ3) is 3.32. The zero-order chi connectivity index (χ0) is 11.8. The van der Waals surface area contributed by atoms with E-state index in [2.05, 4.69) is 5.32 Å². The van der Waals surface area contributed by atoms with Crippen LogP contribution >= 0.6 is 0 Å². The molecule has 0 atom stereocenters. The Morgan fingerprint density at radius 2 is 1.94 bits per heavy atom. The molecular formula is C13H11N3. The lowest BCUT2D eigenvalue weighted by Crippen LogP contribution is -1.89. The van der Waals surface area contributed by atoms with Crippen LogP contribution in [-0.4, -0.2) is 0 Å². The monoisotopic (exact) mass is 209 g/mol. The van der Waals surface area contributed by atoms with Crippen LogP contribution < -0.4 is 5.32 Å². The smallest absolute Gasteiger partial charge is 0.129 e. The average Bonchev–Trinajstić information content (AvgIpc) is 2.31. The Hall–Kier alpha value is -2.52. The highest BCUT2D eigenvalue weighted by Gasteiger charge is 1.91. The van der Waals surface area contributed by atoms with Crippen LogP contribution in [0.25, 0.3) is 0 Å². The van der Waals surface area contributed by atoms with Crippen LogP contribution in [0.15, 0.2) is 48.2 Å². The van der Waals surface area contributed by atoms with Crippen molar-refractivity contribution in [3.8, 4) is 12.1 Å². The molecule has 1 N–H and O–H groups in total. The van der Waals surface area contributed by atoms with E-state index < -0.39 is 0 Å². The summed E-state index contributed by atoms with van der Waals surface area (Å²) in [5.41, 5.74) is 2.22. The van der Waals surface area contributed by atoms with Gasteiger partial charge in [-0.25, -0.2) is 0 Å². The number of nitrogens with one attached hydrogen (secondary N) is 1. The van der Waals surface area contributed by atoms with E-state index in [0.29, 0.717) is 0 Å². The second kappa shape index (κ2) is 6.06. The molecule has 0 bridgehead atoms. The quantitative estimate of drug-likeness (QED) is 0.615. The van der Waals surface area contributed by atoms with Gasteiger partial charge in [-0.05, 0) is 30.7 Å². The fourth-order valence-electron chi connectivity index (χ4n) is 1.12. The van der Waals surface area contributed by atoms with Gasteiger partial charge in [0.1, 0.15) is 17.7 Å². The van der Waals surface area contributed by atoms with Crippen molar-refractivity contribution in [2.45, 2.75) is 6.92 Å². The third-order valence-electron chi connectivity index (χ3n) is 1.98. The summed E-state index contributed by atoms with van der Waals surface area (Å²) in [6.07, 6.45) is 4.79. The summed E-state index contributed by atoms with van der Waals surface area (Å²) >= 11 is 0. The van der Waals surface area contributed by atoms with Gasteiger partial charge >= 0.3 is 0 Å². The zero-order valence-corrected chi connectivity index (χ0v) is 8.94. The van der Waals surface area contributed by atoms with Gasteiger partial charge in [-0.15, -0.1) is 0 Å². The number of para-hydroxylation sites is 1. The lowest BCUT2D eigenvalue weighted by molar-refractivity contribution is 1.43. The second-order valence-corrected chi connectivity index (χ2v) is 3.12. The van der Waals surface area contributed by atoms with Gasteiger partial charge in [0.05, 0.1) is 0 Å². The predicted octanol–water partition coefficient (Wildman–Crippen LogP) is 2.89. The fourth-order valence-corrected chi connectivity index (χ4v) is 1.12. The predicted molar refractivity (Wildman–Crippen MR) is 63.3 cm³/mol. The normalized spacial score (nSPS) is 9.19. The minimum absolute atomic E-state index is 0.0860. The maximum Gasteiger partial charge on any atom is 0.129 e. The number of nitrogens with zero attached hydrogens (tertiary/aromatic N) is 2. The van der Waals surface area contributed by atoms with Gasteiger partial charge < -0.3 is 5.32 Å². The summed E-state index contributed by atoms with van der Waals surface area (Å²) in [6, 6.07) is 11.4. The molecule has 0 radical (unpaired) electrons. The van der Waals surface area contributed by atoms with E-state index in [-0.39, 0.29) is 5.57 Å². The molecule has 1 aromatic carbocycles. The van der Waals surface area contributed by atoms with Gasteiger partial charge in [-0.2, -0.15) is 10.5 Å². The van der Waals surface area contributed by atoms with Gasteiger partial charge in [0.15, 0.2) is 0 Å². The Morgan fingerprint density at radius 3 is 2.56 bits per heavy atom. The van der Waals surface area contributed by atoms with E-state index in [1.807, 2.05) is 31.2 Å². The first-order chi connectivity index (χ1) is 7.77. The molecule has 1 aromatic rings. The summed E-state index contributed by atoms with van der Waals surface area (Å²) in [7, 11) is 0. The van der Waals surface area contributed by atoms with Gasteiger partial charge in [-0.1, -0.05) is 18.2 Å². The largest absolute Gasteiger partial charge is 0.361 e. The molecule has 16 heavy (non-hydrogen) atoms. The van der Waals surface area contributed by atoms with Gasteiger partial charge in [0, 0.05) is 11.9 Å². The van der Waals surface area contributed by atoms with Crippen molar-refractivity contribution >= 4 is 5.69 Å². The highest BCUT2D eigenvalue weighted by atomic mass is 14.8. The summed E-state index contributed by atoms with van der Waals surface area (Å²) in [5.74, 6) is 0. The molecule has 0 fully saturated rings. The third-order valence-corrected chi connectivity index (χ3v) is 1.98. The van der Waals surface area contributed by atoms with Crippen LogP contribution in [0.5, 0.6) is 0 Å². The molecular weight excluding hydrogens is 198 g/mol. The summed E-state index contributed by atoms with van der Waals surface area (Å²) < 4.78 is 0. The molecule has 0 spiro atoms. The number of anilines is 1. The van der Waals surface area contributed by atoms with E-state index in [1.165, 1.54) is 6.08 Å². The van der Waals surface area contributed by atoms with E-state index in [4.69, 9.17) is 10.5 Å². The van der Waals surface area contributed by atoms with Crippen LogP contribution in [0.2, 0.25) is 0 Å². The molecule has 0 aromatic heterocycles. The molecule has 0 saturated heterocycles. The second-order valence-electron chi connectivity index (χ2n) is 3.12. The highest BCUT2D eigenvalue weighted by molar-refractivity contribution is 5.52. The Bertz CT molecular complexity index is 483. The maximum absolute atomic E-state index is 8.49. The zero-order valence-electron chi connectivity index (χ0n) is 8.94. The van der Waals surface area contributed by atoms with Crippen molar-refractivity contribution in [2.24, 2.45) is 0 Å². The summed E-state index contributed by atoms with van der Waals surface area (Å²) in [5, 5.41) is 20.1. The molecule has 1 rings (SSSR count). The number of rotatable bonds is 3. The van der Waals surface area contributed by atoms with E-state index in [9.17, 15) is 0 Å². The standard InChI is InChI=1S/C13H11N3/c1-11-5-2-3-7-13(11)16-8-4-6-12(9-14)10-15/h2-8,16H,1H3/b8-4+. The Morgan fingerprint density at radius 1 is 1.25 bits per heavy atom. The van der Waals surface area contributed by atoms with Crippen LogP contribution in [-0.2, 0) is 0 Å². The van der Waals surface area contributed by atoms with Crippen LogP contribution in [0.1, 0.15) is 5.56 Å². The molecule has 0 aliphatic carbocycles. The van der Waals surface area contributed by atoms with Crippen molar-refractivity contribution in [2.75, 3.05) is 5.32 Å². The van der Waals surface area contributed by atoms with Crippen molar-refractivity contribution in [3.05, 3.63) is 53.8 Å². The molecule has 0 saturated carbocycles. The number of hydrogen-bond donors (Lipinski definition) is 1. The lowest BCUT2D eigenvalue weighted by atomic mass is 10.2. The molecule has 3 nitrogen and oxygen atoms in total. The first kappa shape index (κ1) is 11.6. The maximum atomic E-state index is 8.49. The highest BCUT2D eigenvalue weighted by Crippen LogP contribution is 2.12. The van der Waals surface area contributed by atoms with Gasteiger partial charge in [0.25, 0.3) is 0 Å². The molecule has 0 aliphatic rings. The molecule has 3 heteroatoms. The first-order valence-corrected chi connectivity index (χ1v) is 4.77. The van der Waals surface area contributed by atoms with Gasteiger partial charge in [-0.3, -0.25) is 0 Å². The summed E-state index contributed by atoms with van der Waals surface area (Å²) in [6.45, 7) is 2.00. The summed E-state index contributed by atoms with van der Waals surface area (Å²) in [4.78, 5) is 0. The lowest BCUT2D eigenvalue weighted by Gasteiger charge is -2.03. The Balaban J connectivity index is 2.64. The van der Waals surface area contributed by atoms with Crippen molar-refractivity contribution in [1.82, 2.24) is 0 Å². The first-order valence-electron chi connectivity index (χ1n) is 4.77. The van der Waals surface area contributed by atoms with Gasteiger partial charge in [0.2, 0.25) is 0 Å². The van der Waals surface area contributed by atoms with Crippen LogP contribution in [0.3, 0.4) is 0 Å². The minimum atomic E-state index is 0.0860. The molecule has 0 unspecified atom stereocenters. The average molecular weight is 209 g/mol. The SMILES string of the molecule is Cc1ccccc1N/C=C/C=C(C#N)C#N. The van der Waals surface area contributed by atoms with Crippen molar-refractivity contribution in [1.29, 1.82) is 10.5 Å². The number of nitriles is 2. The molecule has 0 aliphatic heterocycles.